The molecule has 188 valence electrons. The third kappa shape index (κ3) is 6.10. The van der Waals surface area contributed by atoms with E-state index < -0.39 is 0 Å². The number of aryl methyl sites for hydroxylation is 2. The lowest BCUT2D eigenvalue weighted by Gasteiger charge is -2.32. The molecule has 36 heavy (non-hydrogen) atoms. The summed E-state index contributed by atoms with van der Waals surface area (Å²) in [6.07, 6.45) is 1.74. The van der Waals surface area contributed by atoms with Gasteiger partial charge in [-0.05, 0) is 79.6 Å². The number of hydrogen-bond acceptors (Lipinski definition) is 3. The summed E-state index contributed by atoms with van der Waals surface area (Å²) in [4.78, 5) is 27.1. The summed E-state index contributed by atoms with van der Waals surface area (Å²) in [5.41, 5.74) is 5.15. The van der Waals surface area contributed by atoms with Crippen molar-refractivity contribution in [2.75, 3.05) is 36.1 Å². The Morgan fingerprint density at radius 1 is 0.944 bits per heavy atom. The van der Waals surface area contributed by atoms with Gasteiger partial charge < -0.3 is 25.6 Å². The SMILES string of the molecule is COc1ccc(C)cc1NC(=O)Nc1ccc(C2CCN(C(=O)Nc3c(C)cccc3Cl)CC2)cc1. The molecule has 0 spiro atoms. The molecular formula is C28H31ClN4O3. The number of piperidine rings is 1. The van der Waals surface area contributed by atoms with Crippen molar-refractivity contribution in [2.45, 2.75) is 32.6 Å². The first-order valence-electron chi connectivity index (χ1n) is 12.0. The van der Waals surface area contributed by atoms with Crippen molar-refractivity contribution in [3.05, 3.63) is 82.4 Å². The molecule has 3 aromatic rings. The van der Waals surface area contributed by atoms with E-state index in [1.54, 1.807) is 13.2 Å². The van der Waals surface area contributed by atoms with E-state index in [1.165, 1.54) is 5.56 Å². The summed E-state index contributed by atoms with van der Waals surface area (Å²) in [6.45, 7) is 5.22. The minimum Gasteiger partial charge on any atom is -0.495 e. The maximum Gasteiger partial charge on any atom is 0.323 e. The van der Waals surface area contributed by atoms with Crippen LogP contribution in [0.15, 0.2) is 60.7 Å². The maximum atomic E-state index is 12.8. The molecular weight excluding hydrogens is 476 g/mol. The average Bonchev–Trinajstić information content (AvgIpc) is 2.87. The van der Waals surface area contributed by atoms with Gasteiger partial charge in [-0.3, -0.25) is 0 Å². The zero-order valence-corrected chi connectivity index (χ0v) is 21.5. The first-order valence-corrected chi connectivity index (χ1v) is 12.4. The Kier molecular flexibility index (Phi) is 8.00. The van der Waals surface area contributed by atoms with Crippen LogP contribution >= 0.6 is 11.6 Å². The molecule has 3 N–H and O–H groups in total. The van der Waals surface area contributed by atoms with Crippen molar-refractivity contribution in [1.29, 1.82) is 0 Å². The van der Waals surface area contributed by atoms with Crippen LogP contribution in [-0.4, -0.2) is 37.2 Å². The zero-order chi connectivity index (χ0) is 25.7. The number of benzene rings is 3. The number of carbonyl (C=O) groups excluding carboxylic acids is 2. The first kappa shape index (κ1) is 25.4. The van der Waals surface area contributed by atoms with Gasteiger partial charge in [0.05, 0.1) is 23.5 Å². The minimum absolute atomic E-state index is 0.125. The molecule has 0 saturated carbocycles. The topological polar surface area (TPSA) is 82.7 Å². The van der Waals surface area contributed by atoms with Crippen LogP contribution in [0.2, 0.25) is 5.02 Å². The van der Waals surface area contributed by atoms with Crippen LogP contribution in [0.4, 0.5) is 26.7 Å². The molecule has 1 aliphatic heterocycles. The van der Waals surface area contributed by atoms with E-state index in [-0.39, 0.29) is 12.1 Å². The van der Waals surface area contributed by atoms with Gasteiger partial charge in [-0.15, -0.1) is 0 Å². The predicted molar refractivity (Wildman–Crippen MR) is 146 cm³/mol. The van der Waals surface area contributed by atoms with E-state index in [0.29, 0.717) is 46.8 Å². The molecule has 4 rings (SSSR count). The molecule has 4 amide bonds. The number of hydrogen-bond donors (Lipinski definition) is 3. The number of nitrogens with one attached hydrogen (secondary N) is 3. The number of para-hydroxylation sites is 1. The second kappa shape index (κ2) is 11.4. The Labute approximate surface area is 216 Å². The molecule has 0 aromatic heterocycles. The number of anilines is 3. The minimum atomic E-state index is -0.334. The summed E-state index contributed by atoms with van der Waals surface area (Å²) >= 11 is 6.25. The lowest BCUT2D eigenvalue weighted by Crippen LogP contribution is -2.40. The number of likely N-dealkylation sites (tertiary alicyclic amines) is 1. The third-order valence-corrected chi connectivity index (χ3v) is 6.79. The summed E-state index contributed by atoms with van der Waals surface area (Å²) < 4.78 is 5.32. The fraction of sp³-hybridized carbons (Fsp3) is 0.286. The molecule has 1 heterocycles. The molecule has 1 saturated heterocycles. The number of carbonyl (C=O) groups is 2. The van der Waals surface area contributed by atoms with E-state index in [0.717, 1.165) is 24.0 Å². The highest BCUT2D eigenvalue weighted by molar-refractivity contribution is 6.33. The van der Waals surface area contributed by atoms with E-state index in [9.17, 15) is 9.59 Å². The summed E-state index contributed by atoms with van der Waals surface area (Å²) in [5.74, 6) is 0.962. The van der Waals surface area contributed by atoms with Crippen LogP contribution in [0.1, 0.15) is 35.4 Å². The lowest BCUT2D eigenvalue weighted by molar-refractivity contribution is 0.194. The van der Waals surface area contributed by atoms with Crippen LogP contribution in [0.25, 0.3) is 0 Å². The van der Waals surface area contributed by atoms with Gasteiger partial charge in [0, 0.05) is 18.8 Å². The largest absolute Gasteiger partial charge is 0.495 e. The van der Waals surface area contributed by atoms with Gasteiger partial charge in [0.2, 0.25) is 0 Å². The highest BCUT2D eigenvalue weighted by Crippen LogP contribution is 2.31. The van der Waals surface area contributed by atoms with Gasteiger partial charge in [0.25, 0.3) is 0 Å². The van der Waals surface area contributed by atoms with Gasteiger partial charge in [0.15, 0.2) is 0 Å². The fourth-order valence-corrected chi connectivity index (χ4v) is 4.70. The van der Waals surface area contributed by atoms with E-state index in [1.807, 2.05) is 73.3 Å². The van der Waals surface area contributed by atoms with E-state index in [4.69, 9.17) is 16.3 Å². The normalized spacial score (nSPS) is 13.7. The van der Waals surface area contributed by atoms with Gasteiger partial charge in [-0.2, -0.15) is 0 Å². The summed E-state index contributed by atoms with van der Waals surface area (Å²) in [5, 5.41) is 9.21. The number of methoxy groups -OCH3 is 1. The second-order valence-corrected chi connectivity index (χ2v) is 9.44. The van der Waals surface area contributed by atoms with E-state index in [2.05, 4.69) is 16.0 Å². The van der Waals surface area contributed by atoms with Gasteiger partial charge >= 0.3 is 12.1 Å². The number of urea groups is 2. The predicted octanol–water partition coefficient (Wildman–Crippen LogP) is 7.02. The van der Waals surface area contributed by atoms with Crippen LogP contribution in [-0.2, 0) is 0 Å². The first-order chi connectivity index (χ1) is 17.3. The molecule has 3 aromatic carbocycles. The Morgan fingerprint density at radius 3 is 2.33 bits per heavy atom. The number of nitrogens with zero attached hydrogens (tertiary/aromatic N) is 1. The summed E-state index contributed by atoms with van der Waals surface area (Å²) in [6, 6.07) is 18.6. The van der Waals surface area contributed by atoms with E-state index >= 15 is 0 Å². The quantitative estimate of drug-likeness (QED) is 0.347. The molecule has 0 atom stereocenters. The Hall–Kier alpha value is -3.71. The fourth-order valence-electron chi connectivity index (χ4n) is 4.43. The van der Waals surface area contributed by atoms with Crippen LogP contribution in [0.3, 0.4) is 0 Å². The Morgan fingerprint density at radius 2 is 1.67 bits per heavy atom. The van der Waals surface area contributed by atoms with Gasteiger partial charge in [0.1, 0.15) is 5.75 Å². The van der Waals surface area contributed by atoms with Gasteiger partial charge in [-0.1, -0.05) is 41.9 Å². The summed E-state index contributed by atoms with van der Waals surface area (Å²) in [7, 11) is 1.57. The molecule has 8 heteroatoms. The van der Waals surface area contributed by atoms with Crippen molar-refractivity contribution in [2.24, 2.45) is 0 Å². The lowest BCUT2D eigenvalue weighted by atomic mass is 9.89. The molecule has 1 fully saturated rings. The van der Waals surface area contributed by atoms with Crippen LogP contribution < -0.4 is 20.7 Å². The highest BCUT2D eigenvalue weighted by atomic mass is 35.5. The van der Waals surface area contributed by atoms with Crippen molar-refractivity contribution >= 4 is 40.7 Å². The number of rotatable bonds is 5. The van der Waals surface area contributed by atoms with Crippen LogP contribution in [0.5, 0.6) is 5.75 Å². The van der Waals surface area contributed by atoms with Crippen molar-refractivity contribution < 1.29 is 14.3 Å². The highest BCUT2D eigenvalue weighted by Gasteiger charge is 2.24. The number of ether oxygens (including phenoxy) is 1. The van der Waals surface area contributed by atoms with Gasteiger partial charge in [-0.25, -0.2) is 9.59 Å². The third-order valence-electron chi connectivity index (χ3n) is 6.48. The second-order valence-electron chi connectivity index (χ2n) is 9.03. The number of amides is 4. The zero-order valence-electron chi connectivity index (χ0n) is 20.7. The molecule has 1 aliphatic rings. The van der Waals surface area contributed by atoms with Crippen molar-refractivity contribution in [3.8, 4) is 5.75 Å². The maximum absolute atomic E-state index is 12.8. The molecule has 0 aliphatic carbocycles. The Balaban J connectivity index is 1.29. The van der Waals surface area contributed by atoms with Crippen molar-refractivity contribution in [1.82, 2.24) is 4.90 Å². The molecule has 0 radical (unpaired) electrons. The number of halogens is 1. The van der Waals surface area contributed by atoms with Crippen molar-refractivity contribution in [3.63, 3.8) is 0 Å². The molecule has 7 nitrogen and oxygen atoms in total. The smallest absolute Gasteiger partial charge is 0.323 e. The standard InChI is InChI=1S/C28H31ClN4O3/c1-18-7-12-25(36-3)24(17-18)31-27(34)30-22-10-8-20(9-11-22)21-13-15-33(16-14-21)28(35)32-26-19(2)5-4-6-23(26)29/h4-12,17,21H,13-16H2,1-3H3,(H,32,35)(H2,30,31,34). The molecule has 0 bridgehead atoms. The average molecular weight is 507 g/mol. The monoisotopic (exact) mass is 506 g/mol. The van der Waals surface area contributed by atoms with Crippen LogP contribution in [0, 0.1) is 13.8 Å². The Bertz CT molecular complexity index is 1220. The molecule has 0 unspecified atom stereocenters.